The van der Waals surface area contributed by atoms with Crippen LogP contribution in [0.15, 0.2) is 65.2 Å². The second kappa shape index (κ2) is 8.97. The highest BCUT2D eigenvalue weighted by Gasteiger charge is 2.29. The van der Waals surface area contributed by atoms with Gasteiger partial charge in [0.1, 0.15) is 23.1 Å². The Labute approximate surface area is 189 Å². The van der Waals surface area contributed by atoms with Crippen LogP contribution in [0.5, 0.6) is 0 Å². The number of aromatic nitrogens is 3. The molecule has 1 amide bonds. The van der Waals surface area contributed by atoms with Crippen molar-refractivity contribution in [1.82, 2.24) is 20.1 Å². The van der Waals surface area contributed by atoms with Crippen LogP contribution < -0.4 is 0 Å². The van der Waals surface area contributed by atoms with Crippen LogP contribution in [0.4, 0.5) is 8.78 Å². The van der Waals surface area contributed by atoms with Crippen LogP contribution in [0.1, 0.15) is 46.5 Å². The summed E-state index contributed by atoms with van der Waals surface area (Å²) in [6.07, 6.45) is 3.83. The zero-order valence-corrected chi connectivity index (χ0v) is 17.8. The molecule has 1 N–H and O–H groups in total. The topological polar surface area (TPSA) is 75.0 Å². The molecule has 0 radical (unpaired) electrons. The first-order chi connectivity index (χ1) is 16.0. The van der Waals surface area contributed by atoms with Crippen molar-refractivity contribution in [2.75, 3.05) is 13.1 Å². The quantitative estimate of drug-likeness (QED) is 0.469. The number of carbonyl (C=O) groups excluding carboxylic acids is 1. The number of halogens is 2. The molecule has 168 valence electrons. The van der Waals surface area contributed by atoms with Gasteiger partial charge in [-0.25, -0.2) is 13.8 Å². The Balaban J connectivity index is 1.26. The molecule has 0 saturated carbocycles. The number of nitrogens with one attached hydrogen (secondary N) is 1. The van der Waals surface area contributed by atoms with Crippen LogP contribution in [0.25, 0.3) is 11.3 Å². The van der Waals surface area contributed by atoms with Gasteiger partial charge >= 0.3 is 0 Å². The molecule has 4 aromatic rings. The molecule has 3 heterocycles. The van der Waals surface area contributed by atoms with E-state index in [-0.39, 0.29) is 23.5 Å². The number of oxazole rings is 1. The fourth-order valence-electron chi connectivity index (χ4n) is 4.17. The van der Waals surface area contributed by atoms with E-state index in [1.54, 1.807) is 35.4 Å². The number of carbonyl (C=O) groups is 1. The Morgan fingerprint density at radius 1 is 1.12 bits per heavy atom. The summed E-state index contributed by atoms with van der Waals surface area (Å²) in [5, 5.41) is 7.01. The minimum absolute atomic E-state index is 0.0107. The van der Waals surface area contributed by atoms with Crippen molar-refractivity contribution >= 4 is 5.91 Å². The third-order valence-electron chi connectivity index (χ3n) is 5.84. The zero-order valence-electron chi connectivity index (χ0n) is 17.8. The molecule has 0 aliphatic carbocycles. The van der Waals surface area contributed by atoms with E-state index < -0.39 is 0 Å². The van der Waals surface area contributed by atoms with Gasteiger partial charge in [0.25, 0.3) is 5.91 Å². The monoisotopic (exact) mass is 448 g/mol. The number of H-pyrrole nitrogens is 1. The SMILES string of the molecule is O=C(c1cc(-c2ccc(F)cc2)n[nH]1)N1CCC[C@@H](c2ncc(Cc3cccc(F)c3)o2)C1. The first kappa shape index (κ1) is 21.1. The van der Waals surface area contributed by atoms with Crippen LogP contribution in [0.2, 0.25) is 0 Å². The molecule has 6 nitrogen and oxygen atoms in total. The molecule has 5 rings (SSSR count). The van der Waals surface area contributed by atoms with Gasteiger partial charge in [0.15, 0.2) is 5.89 Å². The number of rotatable bonds is 5. The number of benzene rings is 2. The fourth-order valence-corrected chi connectivity index (χ4v) is 4.17. The molecule has 1 aliphatic heterocycles. The minimum atomic E-state index is -0.324. The van der Waals surface area contributed by atoms with Gasteiger partial charge in [0.05, 0.1) is 17.8 Å². The van der Waals surface area contributed by atoms with Crippen LogP contribution in [-0.4, -0.2) is 39.1 Å². The summed E-state index contributed by atoms with van der Waals surface area (Å²) >= 11 is 0. The number of aromatic amines is 1. The Hall–Kier alpha value is -3.81. The van der Waals surface area contributed by atoms with E-state index in [4.69, 9.17) is 4.42 Å². The van der Waals surface area contributed by atoms with E-state index in [9.17, 15) is 13.6 Å². The van der Waals surface area contributed by atoms with E-state index in [2.05, 4.69) is 15.2 Å². The zero-order chi connectivity index (χ0) is 22.8. The van der Waals surface area contributed by atoms with Gasteiger partial charge in [0, 0.05) is 25.1 Å². The maximum atomic E-state index is 13.4. The molecule has 2 aromatic heterocycles. The first-order valence-electron chi connectivity index (χ1n) is 10.8. The average Bonchev–Trinajstić information content (AvgIpc) is 3.50. The standard InChI is InChI=1S/C25H22F2N4O2/c26-19-8-6-17(7-9-19)22-13-23(30-29-22)25(32)31-10-2-4-18(15-31)24-28-14-21(33-24)12-16-3-1-5-20(27)11-16/h1,3,5-9,11,13-14,18H,2,4,10,12,15H2,(H,29,30)/t18-/m1/s1. The highest BCUT2D eigenvalue weighted by atomic mass is 19.1. The summed E-state index contributed by atoms with van der Waals surface area (Å²) in [6.45, 7) is 1.13. The molecular weight excluding hydrogens is 426 g/mol. The Bertz CT molecular complexity index is 1270. The summed E-state index contributed by atoms with van der Waals surface area (Å²) in [7, 11) is 0. The molecule has 1 fully saturated rings. The molecule has 0 spiro atoms. The molecule has 1 atom stereocenters. The summed E-state index contributed by atoms with van der Waals surface area (Å²) in [6, 6.07) is 14.1. The summed E-state index contributed by atoms with van der Waals surface area (Å²) in [5.41, 5.74) is 2.51. The minimum Gasteiger partial charge on any atom is -0.445 e. The second-order valence-electron chi connectivity index (χ2n) is 8.24. The van der Waals surface area contributed by atoms with Crippen LogP contribution in [0, 0.1) is 11.6 Å². The second-order valence-corrected chi connectivity index (χ2v) is 8.24. The van der Waals surface area contributed by atoms with Gasteiger partial charge in [-0.3, -0.25) is 9.89 Å². The van der Waals surface area contributed by atoms with Gasteiger partial charge in [-0.1, -0.05) is 12.1 Å². The largest absolute Gasteiger partial charge is 0.445 e. The third-order valence-corrected chi connectivity index (χ3v) is 5.84. The predicted molar refractivity (Wildman–Crippen MR) is 118 cm³/mol. The number of likely N-dealkylation sites (tertiary alicyclic amines) is 1. The highest BCUT2D eigenvalue weighted by molar-refractivity contribution is 5.93. The summed E-state index contributed by atoms with van der Waals surface area (Å²) in [4.78, 5) is 19.3. The lowest BCUT2D eigenvalue weighted by molar-refractivity contribution is 0.0692. The van der Waals surface area contributed by atoms with Crippen molar-refractivity contribution < 1.29 is 18.0 Å². The molecule has 1 saturated heterocycles. The molecule has 1 aliphatic rings. The van der Waals surface area contributed by atoms with E-state index in [1.807, 2.05) is 6.07 Å². The number of hydrogen-bond acceptors (Lipinski definition) is 4. The third kappa shape index (κ3) is 4.69. The lowest BCUT2D eigenvalue weighted by atomic mass is 9.97. The Morgan fingerprint density at radius 3 is 2.79 bits per heavy atom. The van der Waals surface area contributed by atoms with Gasteiger partial charge in [-0.05, 0) is 60.9 Å². The number of hydrogen-bond donors (Lipinski definition) is 1. The smallest absolute Gasteiger partial charge is 0.271 e. The van der Waals surface area contributed by atoms with Crippen molar-refractivity contribution in [1.29, 1.82) is 0 Å². The van der Waals surface area contributed by atoms with Gasteiger partial charge in [-0.15, -0.1) is 0 Å². The highest BCUT2D eigenvalue weighted by Crippen LogP contribution is 2.28. The van der Waals surface area contributed by atoms with E-state index in [0.717, 1.165) is 24.0 Å². The molecule has 0 unspecified atom stereocenters. The molecular formula is C25H22F2N4O2. The predicted octanol–water partition coefficient (Wildman–Crippen LogP) is 4.95. The Morgan fingerprint density at radius 2 is 1.97 bits per heavy atom. The molecule has 2 aromatic carbocycles. The molecule has 8 heteroatoms. The van der Waals surface area contributed by atoms with Crippen LogP contribution in [0.3, 0.4) is 0 Å². The number of amides is 1. The maximum absolute atomic E-state index is 13.4. The van der Waals surface area contributed by atoms with Crippen LogP contribution >= 0.6 is 0 Å². The number of nitrogens with zero attached hydrogens (tertiary/aromatic N) is 3. The van der Waals surface area contributed by atoms with Gasteiger partial charge in [0.2, 0.25) is 0 Å². The normalized spacial score (nSPS) is 16.2. The van der Waals surface area contributed by atoms with Crippen molar-refractivity contribution in [3.05, 3.63) is 95.3 Å². The van der Waals surface area contributed by atoms with Crippen molar-refractivity contribution in [3.8, 4) is 11.3 Å². The summed E-state index contributed by atoms with van der Waals surface area (Å²) in [5.74, 6) is 0.494. The van der Waals surface area contributed by atoms with Gasteiger partial charge in [-0.2, -0.15) is 5.10 Å². The molecule has 0 bridgehead atoms. The van der Waals surface area contributed by atoms with Gasteiger partial charge < -0.3 is 9.32 Å². The van der Waals surface area contributed by atoms with Crippen molar-refractivity contribution in [3.63, 3.8) is 0 Å². The van der Waals surface area contributed by atoms with Crippen LogP contribution in [-0.2, 0) is 6.42 Å². The lowest BCUT2D eigenvalue weighted by Crippen LogP contribution is -2.39. The van der Waals surface area contributed by atoms with Crippen molar-refractivity contribution in [2.24, 2.45) is 0 Å². The lowest BCUT2D eigenvalue weighted by Gasteiger charge is -2.30. The molecule has 33 heavy (non-hydrogen) atoms. The van der Waals surface area contributed by atoms with E-state index in [0.29, 0.717) is 42.5 Å². The first-order valence-corrected chi connectivity index (χ1v) is 10.8. The van der Waals surface area contributed by atoms with E-state index >= 15 is 0 Å². The Kier molecular flexibility index (Phi) is 5.73. The fraction of sp³-hybridized carbons (Fsp3) is 0.240. The maximum Gasteiger partial charge on any atom is 0.271 e. The average molecular weight is 448 g/mol. The van der Waals surface area contributed by atoms with Crippen molar-refractivity contribution in [2.45, 2.75) is 25.2 Å². The number of piperidine rings is 1. The summed E-state index contributed by atoms with van der Waals surface area (Å²) < 4.78 is 32.5. The van der Waals surface area contributed by atoms with E-state index in [1.165, 1.54) is 24.3 Å².